The Kier molecular flexibility index (Phi) is 1.75. The maximum absolute atomic E-state index is 10.6. The molecule has 1 spiro atoms. The van der Waals surface area contributed by atoms with Crippen LogP contribution in [-0.4, -0.2) is 17.5 Å². The van der Waals surface area contributed by atoms with E-state index in [9.17, 15) is 5.11 Å². The molecular weight excluding hydrogens is 212 g/mol. The van der Waals surface area contributed by atoms with Gasteiger partial charge >= 0.3 is 0 Å². The molecule has 5 bridgehead atoms. The summed E-state index contributed by atoms with van der Waals surface area (Å²) >= 11 is 0. The molecule has 17 heavy (non-hydrogen) atoms. The highest BCUT2D eigenvalue weighted by molar-refractivity contribution is 5.22. The lowest BCUT2D eigenvalue weighted by molar-refractivity contribution is -0.421. The molecule has 0 amide bonds. The molecule has 2 aliphatic heterocycles. The zero-order valence-electron chi connectivity index (χ0n) is 11.2. The van der Waals surface area contributed by atoms with Gasteiger partial charge in [0.25, 0.3) is 0 Å². The third-order valence-electron chi connectivity index (χ3n) is 6.94. The van der Waals surface area contributed by atoms with Crippen LogP contribution in [0.3, 0.4) is 0 Å². The first-order chi connectivity index (χ1) is 7.91. The largest absolute Gasteiger partial charge is 0.365 e. The van der Waals surface area contributed by atoms with Crippen LogP contribution in [0.2, 0.25) is 0 Å². The molecule has 2 saturated heterocycles. The number of rotatable bonds is 0. The topological polar surface area (TPSA) is 29.5 Å². The van der Waals surface area contributed by atoms with Gasteiger partial charge in [-0.1, -0.05) is 27.2 Å². The van der Waals surface area contributed by atoms with Crippen molar-refractivity contribution >= 4 is 0 Å². The summed E-state index contributed by atoms with van der Waals surface area (Å²) in [5, 5.41) is 10.6. The molecule has 2 nitrogen and oxygen atoms in total. The molecule has 96 valence electrons. The van der Waals surface area contributed by atoms with E-state index in [-0.39, 0.29) is 0 Å². The van der Waals surface area contributed by atoms with Gasteiger partial charge in [-0.3, -0.25) is 0 Å². The summed E-state index contributed by atoms with van der Waals surface area (Å²) in [6.45, 7) is 7.96. The van der Waals surface area contributed by atoms with Crippen molar-refractivity contribution in [3.63, 3.8) is 0 Å². The molecule has 2 heteroatoms. The zero-order valence-corrected chi connectivity index (χ0v) is 11.2. The number of ether oxygens (including phenoxy) is 1. The molecule has 3 saturated carbocycles. The van der Waals surface area contributed by atoms with Crippen LogP contribution in [-0.2, 0) is 4.74 Å². The number of fused-ring (bicyclic) bond motifs is 1. The van der Waals surface area contributed by atoms with Crippen LogP contribution in [0, 0.1) is 34.5 Å². The van der Waals surface area contributed by atoms with Crippen LogP contribution in [0.5, 0.6) is 0 Å². The van der Waals surface area contributed by atoms with E-state index < -0.39 is 5.79 Å². The molecule has 1 N–H and O–H groups in total. The van der Waals surface area contributed by atoms with Gasteiger partial charge in [0.05, 0.1) is 6.61 Å². The second-order valence-corrected chi connectivity index (χ2v) is 7.86. The van der Waals surface area contributed by atoms with Crippen molar-refractivity contribution in [2.24, 2.45) is 34.5 Å². The second kappa shape index (κ2) is 2.75. The fourth-order valence-corrected chi connectivity index (χ4v) is 6.16. The fourth-order valence-electron chi connectivity index (χ4n) is 6.16. The lowest BCUT2D eigenvalue weighted by atomic mass is 9.33. The van der Waals surface area contributed by atoms with Crippen molar-refractivity contribution < 1.29 is 9.84 Å². The van der Waals surface area contributed by atoms with Gasteiger partial charge in [0.1, 0.15) is 0 Å². The highest BCUT2D eigenvalue weighted by Crippen LogP contribution is 2.77. The second-order valence-electron chi connectivity index (χ2n) is 7.86. The van der Waals surface area contributed by atoms with E-state index >= 15 is 0 Å². The molecule has 2 heterocycles. The number of hydrogen-bond donors (Lipinski definition) is 1. The zero-order chi connectivity index (χ0) is 12.1. The normalized spacial score (nSPS) is 62.8. The van der Waals surface area contributed by atoms with Crippen molar-refractivity contribution in [2.45, 2.75) is 52.2 Å². The highest BCUT2D eigenvalue weighted by atomic mass is 16.6. The molecule has 3 aliphatic carbocycles. The first-order valence-electron chi connectivity index (χ1n) is 7.27. The van der Waals surface area contributed by atoms with Gasteiger partial charge in [0, 0.05) is 17.8 Å². The smallest absolute Gasteiger partial charge is 0.168 e. The van der Waals surface area contributed by atoms with E-state index in [1.165, 1.54) is 19.3 Å². The molecule has 0 radical (unpaired) electrons. The van der Waals surface area contributed by atoms with Crippen LogP contribution < -0.4 is 0 Å². The van der Waals surface area contributed by atoms with Crippen molar-refractivity contribution in [3.05, 3.63) is 0 Å². The van der Waals surface area contributed by atoms with Crippen LogP contribution in [0.4, 0.5) is 0 Å². The molecular formula is C15H24O2. The summed E-state index contributed by atoms with van der Waals surface area (Å²) < 4.78 is 5.83. The monoisotopic (exact) mass is 236 g/mol. The van der Waals surface area contributed by atoms with E-state index in [0.717, 1.165) is 30.8 Å². The average Bonchev–Trinajstić information content (AvgIpc) is 2.42. The number of aliphatic hydroxyl groups is 1. The van der Waals surface area contributed by atoms with Gasteiger partial charge < -0.3 is 9.84 Å². The molecule has 0 aromatic heterocycles. The van der Waals surface area contributed by atoms with Crippen molar-refractivity contribution in [2.75, 3.05) is 6.61 Å². The average molecular weight is 236 g/mol. The van der Waals surface area contributed by atoms with E-state index in [0.29, 0.717) is 16.7 Å². The minimum absolute atomic E-state index is 0.337. The van der Waals surface area contributed by atoms with Gasteiger partial charge in [-0.05, 0) is 36.0 Å². The van der Waals surface area contributed by atoms with Crippen LogP contribution in [0.1, 0.15) is 46.5 Å². The van der Waals surface area contributed by atoms with Gasteiger partial charge in [-0.2, -0.15) is 0 Å². The molecule has 1 unspecified atom stereocenters. The van der Waals surface area contributed by atoms with Gasteiger partial charge in [0.2, 0.25) is 0 Å². The summed E-state index contributed by atoms with van der Waals surface area (Å²) in [5.74, 6) is 1.85. The Morgan fingerprint density at radius 3 is 2.65 bits per heavy atom. The van der Waals surface area contributed by atoms with Gasteiger partial charge in [-0.25, -0.2) is 0 Å². The molecule has 0 aromatic carbocycles. The minimum Gasteiger partial charge on any atom is -0.365 e. The fraction of sp³-hybridized carbons (Fsp3) is 1.00. The Morgan fingerprint density at radius 1 is 1.18 bits per heavy atom. The minimum atomic E-state index is -0.784. The third kappa shape index (κ3) is 0.986. The Balaban J connectivity index is 1.82. The van der Waals surface area contributed by atoms with Gasteiger partial charge in [-0.15, -0.1) is 0 Å². The third-order valence-corrected chi connectivity index (χ3v) is 6.94. The van der Waals surface area contributed by atoms with Crippen molar-refractivity contribution in [3.8, 4) is 0 Å². The Morgan fingerprint density at radius 2 is 1.94 bits per heavy atom. The molecule has 0 aromatic rings. The number of hydrogen-bond acceptors (Lipinski definition) is 2. The molecule has 6 atom stereocenters. The highest BCUT2D eigenvalue weighted by Gasteiger charge is 2.76. The van der Waals surface area contributed by atoms with Crippen LogP contribution >= 0.6 is 0 Å². The predicted octanol–water partition coefficient (Wildman–Crippen LogP) is 2.80. The molecule has 5 fully saturated rings. The lowest BCUT2D eigenvalue weighted by Crippen LogP contribution is -2.77. The van der Waals surface area contributed by atoms with Crippen molar-refractivity contribution in [1.29, 1.82) is 0 Å². The van der Waals surface area contributed by atoms with E-state index in [1.54, 1.807) is 0 Å². The SMILES string of the molecule is C[C@@H]1[C@@H]2[C@@H]3[C@@H]4C[C@]1(O)OCC24CCCC3(C)C. The van der Waals surface area contributed by atoms with E-state index in [1.807, 2.05) is 0 Å². The molecule has 5 aliphatic rings. The van der Waals surface area contributed by atoms with E-state index in [4.69, 9.17) is 4.74 Å². The first kappa shape index (κ1) is 10.8. The lowest BCUT2D eigenvalue weighted by Gasteiger charge is -2.76. The summed E-state index contributed by atoms with van der Waals surface area (Å²) in [5.41, 5.74) is 0.921. The molecule has 5 rings (SSSR count). The van der Waals surface area contributed by atoms with Gasteiger partial charge in [0.15, 0.2) is 5.79 Å². The summed E-state index contributed by atoms with van der Waals surface area (Å²) in [4.78, 5) is 0. The van der Waals surface area contributed by atoms with Crippen LogP contribution in [0.25, 0.3) is 0 Å². The van der Waals surface area contributed by atoms with Crippen LogP contribution in [0.15, 0.2) is 0 Å². The summed E-state index contributed by atoms with van der Waals surface area (Å²) in [6, 6.07) is 0. The quantitative estimate of drug-likeness (QED) is 0.701. The maximum Gasteiger partial charge on any atom is 0.168 e. The Hall–Kier alpha value is -0.0800. The Labute approximate surface area is 104 Å². The predicted molar refractivity (Wildman–Crippen MR) is 65.2 cm³/mol. The Bertz CT molecular complexity index is 377. The summed E-state index contributed by atoms with van der Waals surface area (Å²) in [6.07, 6.45) is 4.95. The van der Waals surface area contributed by atoms with E-state index in [2.05, 4.69) is 20.8 Å². The van der Waals surface area contributed by atoms with Crippen molar-refractivity contribution in [1.82, 2.24) is 0 Å². The first-order valence-corrected chi connectivity index (χ1v) is 7.27. The summed E-state index contributed by atoms with van der Waals surface area (Å²) in [7, 11) is 0. The standard InChI is InChI=1S/C15H24O2/c1-9-11-12-10-7-15(9,16)17-8-14(10,11)6-4-5-13(12,2)3/h9-12,16H,4-8H2,1-3H3/t9-,10+,11-,12+,14?,15+/m1/s1. The maximum atomic E-state index is 10.6.